The van der Waals surface area contributed by atoms with Crippen molar-refractivity contribution in [3.63, 3.8) is 0 Å². The standard InChI is InChI=1S/C20H17FN2OS/c1-14-4-5-16(21)11-19(14)20(24)23-17-6-8-18(9-7-17)25-13-15-3-2-10-22-12-15/h2-12H,13H2,1H3,(H,23,24). The third-order valence-corrected chi connectivity index (χ3v) is 4.77. The van der Waals surface area contributed by atoms with Crippen molar-refractivity contribution in [2.75, 3.05) is 5.32 Å². The van der Waals surface area contributed by atoms with E-state index >= 15 is 0 Å². The summed E-state index contributed by atoms with van der Waals surface area (Å²) in [5.74, 6) is 0.104. The van der Waals surface area contributed by atoms with Gasteiger partial charge < -0.3 is 5.32 Å². The van der Waals surface area contributed by atoms with E-state index in [1.165, 1.54) is 12.1 Å². The Kier molecular flexibility index (Phi) is 5.46. The first kappa shape index (κ1) is 17.2. The highest BCUT2D eigenvalue weighted by molar-refractivity contribution is 7.98. The number of aromatic nitrogens is 1. The van der Waals surface area contributed by atoms with Gasteiger partial charge in [-0.15, -0.1) is 11.8 Å². The molecule has 1 aromatic heterocycles. The fraction of sp³-hybridized carbons (Fsp3) is 0.100. The number of benzene rings is 2. The number of rotatable bonds is 5. The molecule has 126 valence electrons. The Balaban J connectivity index is 1.62. The summed E-state index contributed by atoms with van der Waals surface area (Å²) in [6.07, 6.45) is 3.61. The highest BCUT2D eigenvalue weighted by Crippen LogP contribution is 2.24. The number of halogens is 1. The second-order valence-corrected chi connectivity index (χ2v) is 6.64. The molecule has 0 saturated carbocycles. The molecule has 2 aromatic carbocycles. The molecule has 0 spiro atoms. The number of anilines is 1. The zero-order valence-electron chi connectivity index (χ0n) is 13.7. The van der Waals surface area contributed by atoms with Gasteiger partial charge in [-0.1, -0.05) is 12.1 Å². The van der Waals surface area contributed by atoms with Crippen LogP contribution < -0.4 is 5.32 Å². The van der Waals surface area contributed by atoms with Crippen LogP contribution in [0.2, 0.25) is 0 Å². The van der Waals surface area contributed by atoms with E-state index in [1.54, 1.807) is 30.9 Å². The van der Waals surface area contributed by atoms with Crippen molar-refractivity contribution in [1.29, 1.82) is 0 Å². The maximum Gasteiger partial charge on any atom is 0.256 e. The summed E-state index contributed by atoms with van der Waals surface area (Å²) < 4.78 is 13.3. The fourth-order valence-corrected chi connectivity index (χ4v) is 3.15. The molecule has 0 fully saturated rings. The number of carbonyl (C=O) groups is 1. The first-order valence-corrected chi connectivity index (χ1v) is 8.79. The Morgan fingerprint density at radius 3 is 2.68 bits per heavy atom. The molecule has 3 aromatic rings. The molecule has 0 aliphatic heterocycles. The van der Waals surface area contributed by atoms with E-state index in [1.807, 2.05) is 42.6 Å². The Morgan fingerprint density at radius 2 is 1.96 bits per heavy atom. The molecule has 0 saturated heterocycles. The molecule has 3 nitrogen and oxygen atoms in total. The molecule has 0 unspecified atom stereocenters. The number of aryl methyl sites for hydroxylation is 1. The first-order chi connectivity index (χ1) is 12.1. The van der Waals surface area contributed by atoms with Crippen LogP contribution >= 0.6 is 11.8 Å². The van der Waals surface area contributed by atoms with Crippen molar-refractivity contribution in [2.45, 2.75) is 17.6 Å². The summed E-state index contributed by atoms with van der Waals surface area (Å²) in [4.78, 5) is 17.5. The van der Waals surface area contributed by atoms with Crippen LogP contribution in [0, 0.1) is 12.7 Å². The molecule has 1 amide bonds. The van der Waals surface area contributed by atoms with Crippen LogP contribution in [0.4, 0.5) is 10.1 Å². The highest BCUT2D eigenvalue weighted by atomic mass is 32.2. The maximum absolute atomic E-state index is 13.3. The van der Waals surface area contributed by atoms with E-state index in [2.05, 4.69) is 10.3 Å². The maximum atomic E-state index is 13.3. The zero-order valence-corrected chi connectivity index (χ0v) is 14.5. The summed E-state index contributed by atoms with van der Waals surface area (Å²) in [6, 6.07) is 15.8. The van der Waals surface area contributed by atoms with Crippen molar-refractivity contribution in [3.05, 3.63) is 89.5 Å². The summed E-state index contributed by atoms with van der Waals surface area (Å²) in [6.45, 7) is 1.78. The largest absolute Gasteiger partial charge is 0.322 e. The van der Waals surface area contributed by atoms with Crippen LogP contribution in [-0.4, -0.2) is 10.9 Å². The lowest BCUT2D eigenvalue weighted by molar-refractivity contribution is 0.102. The van der Waals surface area contributed by atoms with Gasteiger partial charge in [0.2, 0.25) is 0 Å². The lowest BCUT2D eigenvalue weighted by Gasteiger charge is -2.09. The van der Waals surface area contributed by atoms with Gasteiger partial charge in [0.25, 0.3) is 5.91 Å². The Hall–Kier alpha value is -2.66. The van der Waals surface area contributed by atoms with Crippen LogP contribution in [0.1, 0.15) is 21.5 Å². The summed E-state index contributed by atoms with van der Waals surface area (Å²) >= 11 is 1.70. The summed E-state index contributed by atoms with van der Waals surface area (Å²) in [5, 5.41) is 2.80. The number of carbonyl (C=O) groups excluding carboxylic acids is 1. The normalized spacial score (nSPS) is 10.5. The minimum atomic E-state index is -0.419. The summed E-state index contributed by atoms with van der Waals surface area (Å²) in [7, 11) is 0. The van der Waals surface area contributed by atoms with Gasteiger partial charge in [-0.3, -0.25) is 9.78 Å². The van der Waals surface area contributed by atoms with Gasteiger partial charge in [0.1, 0.15) is 5.82 Å². The molecule has 0 bridgehead atoms. The van der Waals surface area contributed by atoms with E-state index in [9.17, 15) is 9.18 Å². The van der Waals surface area contributed by atoms with E-state index in [0.717, 1.165) is 21.8 Å². The van der Waals surface area contributed by atoms with Gasteiger partial charge in [0.15, 0.2) is 0 Å². The predicted octanol–water partition coefficient (Wildman–Crippen LogP) is 5.07. The number of pyridine rings is 1. The number of nitrogens with one attached hydrogen (secondary N) is 1. The molecule has 1 N–H and O–H groups in total. The van der Waals surface area contributed by atoms with Crippen LogP contribution in [-0.2, 0) is 5.75 Å². The monoisotopic (exact) mass is 352 g/mol. The highest BCUT2D eigenvalue weighted by Gasteiger charge is 2.10. The number of amides is 1. The SMILES string of the molecule is Cc1ccc(F)cc1C(=O)Nc1ccc(SCc2cccnc2)cc1. The minimum absolute atomic E-state index is 0.312. The molecule has 1 heterocycles. The van der Waals surface area contributed by atoms with Crippen molar-refractivity contribution >= 4 is 23.4 Å². The minimum Gasteiger partial charge on any atom is -0.322 e. The van der Waals surface area contributed by atoms with E-state index in [0.29, 0.717) is 11.3 Å². The molecular formula is C20H17FN2OS. The zero-order chi connectivity index (χ0) is 17.6. The smallest absolute Gasteiger partial charge is 0.256 e. The second-order valence-electron chi connectivity index (χ2n) is 5.59. The molecule has 0 radical (unpaired) electrons. The fourth-order valence-electron chi connectivity index (χ4n) is 2.32. The van der Waals surface area contributed by atoms with Crippen LogP contribution in [0.3, 0.4) is 0 Å². The van der Waals surface area contributed by atoms with Gasteiger partial charge >= 0.3 is 0 Å². The molecular weight excluding hydrogens is 335 g/mol. The topological polar surface area (TPSA) is 42.0 Å². The van der Waals surface area contributed by atoms with Crippen LogP contribution in [0.5, 0.6) is 0 Å². The lowest BCUT2D eigenvalue weighted by Crippen LogP contribution is -2.13. The van der Waals surface area contributed by atoms with Crippen molar-refractivity contribution in [3.8, 4) is 0 Å². The number of hydrogen-bond donors (Lipinski definition) is 1. The average Bonchev–Trinajstić information content (AvgIpc) is 2.64. The Morgan fingerprint density at radius 1 is 1.16 bits per heavy atom. The van der Waals surface area contributed by atoms with Crippen LogP contribution in [0.25, 0.3) is 0 Å². The first-order valence-electron chi connectivity index (χ1n) is 7.81. The van der Waals surface area contributed by atoms with Crippen molar-refractivity contribution in [2.24, 2.45) is 0 Å². The second kappa shape index (κ2) is 7.94. The van der Waals surface area contributed by atoms with Gasteiger partial charge in [-0.25, -0.2) is 4.39 Å². The lowest BCUT2D eigenvalue weighted by atomic mass is 10.1. The molecule has 25 heavy (non-hydrogen) atoms. The van der Waals surface area contributed by atoms with E-state index in [-0.39, 0.29) is 5.91 Å². The molecule has 5 heteroatoms. The number of nitrogens with zero attached hydrogens (tertiary/aromatic N) is 1. The average molecular weight is 352 g/mol. The predicted molar refractivity (Wildman–Crippen MR) is 99.3 cm³/mol. The molecule has 0 aliphatic carbocycles. The number of thioether (sulfide) groups is 1. The van der Waals surface area contributed by atoms with Gasteiger partial charge in [-0.05, 0) is 60.5 Å². The quantitative estimate of drug-likeness (QED) is 0.652. The van der Waals surface area contributed by atoms with Crippen molar-refractivity contribution < 1.29 is 9.18 Å². The van der Waals surface area contributed by atoms with Gasteiger partial charge in [0.05, 0.1) is 0 Å². The molecule has 0 aliphatic rings. The Bertz CT molecular complexity index is 867. The molecule has 3 rings (SSSR count). The summed E-state index contributed by atoms with van der Waals surface area (Å²) in [5.41, 5.74) is 2.92. The van der Waals surface area contributed by atoms with E-state index in [4.69, 9.17) is 0 Å². The van der Waals surface area contributed by atoms with Gasteiger partial charge in [-0.2, -0.15) is 0 Å². The van der Waals surface area contributed by atoms with E-state index < -0.39 is 5.82 Å². The third kappa shape index (κ3) is 4.67. The van der Waals surface area contributed by atoms with Crippen molar-refractivity contribution in [1.82, 2.24) is 4.98 Å². The number of hydrogen-bond acceptors (Lipinski definition) is 3. The molecule has 0 atom stereocenters. The third-order valence-electron chi connectivity index (χ3n) is 3.68. The van der Waals surface area contributed by atoms with Crippen LogP contribution in [0.15, 0.2) is 71.9 Å². The van der Waals surface area contributed by atoms with Gasteiger partial charge in [0, 0.05) is 34.3 Å². The Labute approximate surface area is 150 Å².